The van der Waals surface area contributed by atoms with Gasteiger partial charge in [0.15, 0.2) is 0 Å². The van der Waals surface area contributed by atoms with Crippen molar-refractivity contribution < 1.29 is 35.6 Å². The molecule has 3 aromatic rings. The Hall–Kier alpha value is -3.71. The van der Waals surface area contributed by atoms with Gasteiger partial charge in [-0.05, 0) is 48.5 Å². The fourth-order valence-corrected chi connectivity index (χ4v) is 2.94. The maximum absolute atomic E-state index is 13.0. The molecule has 1 N–H and O–H groups in total. The van der Waals surface area contributed by atoms with Crippen LogP contribution in [0.5, 0.6) is 0 Å². The van der Waals surface area contributed by atoms with Crippen LogP contribution in [0.15, 0.2) is 64.6 Å². The topological polar surface area (TPSA) is 66.0 Å². The van der Waals surface area contributed by atoms with Gasteiger partial charge in [0.1, 0.15) is 23.2 Å². The third-order valence-electron chi connectivity index (χ3n) is 4.29. The summed E-state index contributed by atoms with van der Waals surface area (Å²) >= 11 is 5.97. The fraction of sp³-hybridized carbons (Fsp3) is 0.0909. The van der Waals surface area contributed by atoms with E-state index < -0.39 is 35.0 Å². The molecule has 3 rings (SSSR count). The lowest BCUT2D eigenvalue weighted by Crippen LogP contribution is -2.14. The molecule has 1 amide bonds. The molecule has 170 valence electrons. The van der Waals surface area contributed by atoms with Crippen LogP contribution < -0.4 is 5.32 Å². The Balaban J connectivity index is 1.85. The van der Waals surface area contributed by atoms with E-state index in [2.05, 4.69) is 5.32 Å². The van der Waals surface area contributed by atoms with Crippen molar-refractivity contribution in [1.82, 2.24) is 0 Å². The van der Waals surface area contributed by atoms with E-state index in [-0.39, 0.29) is 27.8 Å². The third-order valence-corrected chi connectivity index (χ3v) is 4.61. The molecular formula is C22H11ClF6N2O2. The highest BCUT2D eigenvalue weighted by atomic mass is 35.5. The Morgan fingerprint density at radius 3 is 2.27 bits per heavy atom. The predicted molar refractivity (Wildman–Crippen MR) is 108 cm³/mol. The molecule has 0 aliphatic rings. The summed E-state index contributed by atoms with van der Waals surface area (Å²) in [5, 5.41) is 11.4. The summed E-state index contributed by atoms with van der Waals surface area (Å²) in [6.45, 7) is 0. The summed E-state index contributed by atoms with van der Waals surface area (Å²) in [6.07, 6.45) is -8.23. The van der Waals surface area contributed by atoms with Gasteiger partial charge in [0.05, 0.1) is 16.1 Å². The first kappa shape index (κ1) is 23.9. The second-order valence-electron chi connectivity index (χ2n) is 6.60. The van der Waals surface area contributed by atoms with E-state index in [1.54, 1.807) is 6.07 Å². The molecule has 2 aromatic carbocycles. The highest BCUT2D eigenvalue weighted by Crippen LogP contribution is 2.37. The SMILES string of the molecule is N#C/C(=C\c1ccc(-c2cc(C(F)(F)F)ccc2Cl)o1)C(=O)Nc1cccc(C(F)(F)F)c1. The number of carbonyl (C=O) groups is 1. The van der Waals surface area contributed by atoms with Gasteiger partial charge in [-0.2, -0.15) is 31.6 Å². The maximum atomic E-state index is 13.0. The zero-order chi connectivity index (χ0) is 24.4. The van der Waals surface area contributed by atoms with Gasteiger partial charge in [-0.1, -0.05) is 17.7 Å². The molecule has 0 aliphatic heterocycles. The van der Waals surface area contributed by atoms with Crippen LogP contribution in [0.3, 0.4) is 0 Å². The van der Waals surface area contributed by atoms with Crippen LogP contribution in [0.25, 0.3) is 17.4 Å². The van der Waals surface area contributed by atoms with Crippen molar-refractivity contribution in [3.05, 3.63) is 82.1 Å². The van der Waals surface area contributed by atoms with Crippen LogP contribution in [-0.4, -0.2) is 5.91 Å². The van der Waals surface area contributed by atoms with Crippen molar-refractivity contribution in [2.75, 3.05) is 5.32 Å². The molecule has 0 bridgehead atoms. The molecule has 0 fully saturated rings. The lowest BCUT2D eigenvalue weighted by molar-refractivity contribution is -0.138. The number of anilines is 1. The highest BCUT2D eigenvalue weighted by Gasteiger charge is 2.32. The van der Waals surface area contributed by atoms with Crippen LogP contribution in [0.4, 0.5) is 32.0 Å². The average Bonchev–Trinajstić information content (AvgIpc) is 3.19. The van der Waals surface area contributed by atoms with Gasteiger partial charge in [-0.25, -0.2) is 0 Å². The fourth-order valence-electron chi connectivity index (χ4n) is 2.73. The van der Waals surface area contributed by atoms with E-state index >= 15 is 0 Å². The Morgan fingerprint density at radius 1 is 0.970 bits per heavy atom. The predicted octanol–water partition coefficient (Wildman–Crippen LogP) is 7.18. The second-order valence-corrected chi connectivity index (χ2v) is 7.00. The van der Waals surface area contributed by atoms with Crippen molar-refractivity contribution in [2.24, 2.45) is 0 Å². The van der Waals surface area contributed by atoms with E-state index in [4.69, 9.17) is 16.0 Å². The number of hydrogen-bond acceptors (Lipinski definition) is 3. The number of rotatable bonds is 4. The van der Waals surface area contributed by atoms with Crippen LogP contribution >= 0.6 is 11.6 Å². The summed E-state index contributed by atoms with van der Waals surface area (Å²) < 4.78 is 82.8. The monoisotopic (exact) mass is 484 g/mol. The third kappa shape index (κ3) is 5.75. The van der Waals surface area contributed by atoms with Gasteiger partial charge in [-0.15, -0.1) is 0 Å². The smallest absolute Gasteiger partial charge is 0.416 e. The van der Waals surface area contributed by atoms with Crippen molar-refractivity contribution in [2.45, 2.75) is 12.4 Å². The molecule has 0 aliphatic carbocycles. The second kappa shape index (κ2) is 9.03. The molecular weight excluding hydrogens is 474 g/mol. The van der Waals surface area contributed by atoms with Gasteiger partial charge in [-0.3, -0.25) is 4.79 Å². The van der Waals surface area contributed by atoms with E-state index in [1.807, 2.05) is 0 Å². The van der Waals surface area contributed by atoms with Crippen LogP contribution in [0, 0.1) is 11.3 Å². The summed E-state index contributed by atoms with van der Waals surface area (Å²) in [4.78, 5) is 12.3. The Bertz CT molecular complexity index is 1270. The van der Waals surface area contributed by atoms with Gasteiger partial charge in [0.2, 0.25) is 0 Å². The molecule has 33 heavy (non-hydrogen) atoms. The number of benzene rings is 2. The molecule has 0 spiro atoms. The van der Waals surface area contributed by atoms with Gasteiger partial charge in [0, 0.05) is 17.3 Å². The number of nitrogens with zero attached hydrogens (tertiary/aromatic N) is 1. The lowest BCUT2D eigenvalue weighted by Gasteiger charge is -2.09. The van der Waals surface area contributed by atoms with E-state index in [9.17, 15) is 36.4 Å². The maximum Gasteiger partial charge on any atom is 0.416 e. The number of halogens is 7. The van der Waals surface area contributed by atoms with Crippen molar-refractivity contribution >= 4 is 29.3 Å². The molecule has 1 heterocycles. The number of nitriles is 1. The summed E-state index contributed by atoms with van der Waals surface area (Å²) in [7, 11) is 0. The van der Waals surface area contributed by atoms with Crippen LogP contribution in [-0.2, 0) is 17.1 Å². The van der Waals surface area contributed by atoms with E-state index in [1.165, 1.54) is 18.2 Å². The molecule has 11 heteroatoms. The lowest BCUT2D eigenvalue weighted by atomic mass is 10.1. The number of nitrogens with one attached hydrogen (secondary N) is 1. The minimum Gasteiger partial charge on any atom is -0.457 e. The van der Waals surface area contributed by atoms with Crippen molar-refractivity contribution in [3.8, 4) is 17.4 Å². The van der Waals surface area contributed by atoms with Crippen LogP contribution in [0.2, 0.25) is 5.02 Å². The largest absolute Gasteiger partial charge is 0.457 e. The first-order chi connectivity index (χ1) is 15.4. The minimum atomic E-state index is -4.62. The molecule has 0 saturated heterocycles. The summed E-state index contributed by atoms with van der Waals surface area (Å²) in [5.41, 5.74) is -2.70. The first-order valence-electron chi connectivity index (χ1n) is 8.96. The molecule has 0 radical (unpaired) electrons. The first-order valence-corrected chi connectivity index (χ1v) is 9.33. The quantitative estimate of drug-likeness (QED) is 0.242. The molecule has 1 aromatic heterocycles. The number of furan rings is 1. The van der Waals surface area contributed by atoms with Gasteiger partial charge in [0.25, 0.3) is 5.91 Å². The zero-order valence-corrected chi connectivity index (χ0v) is 16.9. The Labute approximate surface area is 187 Å². The molecule has 0 atom stereocenters. The standard InChI is InChI=1S/C22H11ClF6N2O2/c23-18-6-4-14(22(27,28)29)10-17(18)19-7-5-16(33-19)8-12(11-30)20(32)31-15-3-1-2-13(9-15)21(24,25)26/h1-10H,(H,31,32)/b12-8+. The molecule has 0 unspecified atom stereocenters. The average molecular weight is 485 g/mol. The Morgan fingerprint density at radius 2 is 1.64 bits per heavy atom. The number of amides is 1. The summed E-state index contributed by atoms with van der Waals surface area (Å²) in [5.74, 6) is -1.12. The van der Waals surface area contributed by atoms with E-state index in [0.717, 1.165) is 36.4 Å². The highest BCUT2D eigenvalue weighted by molar-refractivity contribution is 6.33. The van der Waals surface area contributed by atoms with E-state index in [0.29, 0.717) is 6.07 Å². The molecule has 0 saturated carbocycles. The number of carbonyl (C=O) groups excluding carboxylic acids is 1. The number of hydrogen-bond donors (Lipinski definition) is 1. The van der Waals surface area contributed by atoms with Gasteiger partial charge >= 0.3 is 12.4 Å². The van der Waals surface area contributed by atoms with Crippen molar-refractivity contribution in [1.29, 1.82) is 5.26 Å². The zero-order valence-electron chi connectivity index (χ0n) is 16.2. The minimum absolute atomic E-state index is 0.0179. The Kier molecular flexibility index (Phi) is 6.56. The normalized spacial score (nSPS) is 12.4. The molecule has 4 nitrogen and oxygen atoms in total. The van der Waals surface area contributed by atoms with Crippen molar-refractivity contribution in [3.63, 3.8) is 0 Å². The van der Waals surface area contributed by atoms with Gasteiger partial charge < -0.3 is 9.73 Å². The van der Waals surface area contributed by atoms with Crippen LogP contribution in [0.1, 0.15) is 16.9 Å². The summed E-state index contributed by atoms with van der Waals surface area (Å²) in [6, 6.07) is 10.7. The number of alkyl halides is 6.